The fraction of sp³-hybridized carbons (Fsp3) is 0.250. The Hall–Kier alpha value is -2.37. The molecule has 0 bridgehead atoms. The van der Waals surface area contributed by atoms with E-state index in [0.717, 1.165) is 0 Å². The molecule has 6 heteroatoms. The summed E-state index contributed by atoms with van der Waals surface area (Å²) in [6.07, 6.45) is -0.154. The average molecular weight is 248 g/mol. The number of anilines is 1. The maximum Gasteiger partial charge on any atom is 0.305 e. The van der Waals surface area contributed by atoms with Crippen LogP contribution in [0.25, 0.3) is 11.1 Å². The summed E-state index contributed by atoms with van der Waals surface area (Å²) in [6, 6.07) is 7.24. The number of carboxylic acid groups (broad SMARTS) is 1. The summed E-state index contributed by atoms with van der Waals surface area (Å²) in [7, 11) is 0. The Kier molecular flexibility index (Phi) is 3.27. The number of aromatic nitrogens is 1. The van der Waals surface area contributed by atoms with Gasteiger partial charge in [-0.25, -0.2) is 0 Å². The minimum Gasteiger partial charge on any atom is -0.481 e. The standard InChI is InChI=1S/C12H12N2O4/c1-8(15)14(7-6-11(16)17)12-13-9-4-2-3-5-10(9)18-12/h2-5H,6-7H2,1H3,(H,16,17). The van der Waals surface area contributed by atoms with Crippen molar-refractivity contribution >= 4 is 29.0 Å². The average Bonchev–Trinajstić information content (AvgIpc) is 2.71. The van der Waals surface area contributed by atoms with Crippen molar-refractivity contribution in [2.45, 2.75) is 13.3 Å². The van der Waals surface area contributed by atoms with Crippen molar-refractivity contribution in [3.63, 3.8) is 0 Å². The largest absolute Gasteiger partial charge is 0.481 e. The van der Waals surface area contributed by atoms with Crippen LogP contribution in [0.15, 0.2) is 28.7 Å². The van der Waals surface area contributed by atoms with E-state index in [1.54, 1.807) is 18.2 Å². The predicted molar refractivity (Wildman–Crippen MR) is 64.3 cm³/mol. The van der Waals surface area contributed by atoms with Crippen molar-refractivity contribution in [3.8, 4) is 0 Å². The van der Waals surface area contributed by atoms with Crippen LogP contribution in [-0.4, -0.2) is 28.5 Å². The molecule has 1 amide bonds. The van der Waals surface area contributed by atoms with E-state index in [1.165, 1.54) is 11.8 Å². The summed E-state index contributed by atoms with van der Waals surface area (Å²) in [5, 5.41) is 8.64. The van der Waals surface area contributed by atoms with Crippen LogP contribution >= 0.6 is 0 Å². The molecule has 0 aliphatic heterocycles. The smallest absolute Gasteiger partial charge is 0.305 e. The molecule has 2 aromatic rings. The topological polar surface area (TPSA) is 83.6 Å². The van der Waals surface area contributed by atoms with Gasteiger partial charge < -0.3 is 9.52 Å². The van der Waals surface area contributed by atoms with Crippen LogP contribution in [0.5, 0.6) is 0 Å². The van der Waals surface area contributed by atoms with E-state index in [0.29, 0.717) is 11.1 Å². The molecule has 0 unspecified atom stereocenters. The summed E-state index contributed by atoms with van der Waals surface area (Å²) in [6.45, 7) is 1.38. The Morgan fingerprint density at radius 3 is 2.72 bits per heavy atom. The molecule has 1 N–H and O–H groups in total. The van der Waals surface area contributed by atoms with Gasteiger partial charge in [-0.05, 0) is 12.1 Å². The van der Waals surface area contributed by atoms with Gasteiger partial charge in [-0.1, -0.05) is 12.1 Å². The molecule has 0 saturated heterocycles. The zero-order chi connectivity index (χ0) is 13.1. The van der Waals surface area contributed by atoms with Crippen LogP contribution in [0.3, 0.4) is 0 Å². The molecule has 18 heavy (non-hydrogen) atoms. The molecular formula is C12H12N2O4. The molecule has 0 saturated carbocycles. The second-order valence-electron chi connectivity index (χ2n) is 3.78. The molecule has 0 aliphatic rings. The Morgan fingerprint density at radius 2 is 2.11 bits per heavy atom. The van der Waals surface area contributed by atoms with Gasteiger partial charge in [-0.2, -0.15) is 4.98 Å². The summed E-state index contributed by atoms with van der Waals surface area (Å²) in [4.78, 5) is 27.4. The van der Waals surface area contributed by atoms with Gasteiger partial charge in [0.25, 0.3) is 0 Å². The van der Waals surface area contributed by atoms with Crippen molar-refractivity contribution < 1.29 is 19.1 Å². The van der Waals surface area contributed by atoms with E-state index < -0.39 is 5.97 Å². The molecule has 1 aromatic heterocycles. The summed E-state index contributed by atoms with van der Waals surface area (Å²) in [5.74, 6) is -1.28. The molecule has 6 nitrogen and oxygen atoms in total. The van der Waals surface area contributed by atoms with Crippen molar-refractivity contribution in [2.24, 2.45) is 0 Å². The molecular weight excluding hydrogens is 236 g/mol. The fourth-order valence-electron chi connectivity index (χ4n) is 1.57. The van der Waals surface area contributed by atoms with E-state index >= 15 is 0 Å². The monoisotopic (exact) mass is 248 g/mol. The number of amides is 1. The molecule has 0 radical (unpaired) electrons. The number of hydrogen-bond donors (Lipinski definition) is 1. The number of carboxylic acids is 1. The highest BCUT2D eigenvalue weighted by molar-refractivity contribution is 5.91. The zero-order valence-corrected chi connectivity index (χ0v) is 9.79. The number of benzene rings is 1. The highest BCUT2D eigenvalue weighted by Gasteiger charge is 2.18. The van der Waals surface area contributed by atoms with Crippen molar-refractivity contribution in [2.75, 3.05) is 11.4 Å². The lowest BCUT2D eigenvalue weighted by atomic mass is 10.3. The highest BCUT2D eigenvalue weighted by Crippen LogP contribution is 2.21. The van der Waals surface area contributed by atoms with Gasteiger partial charge in [0.15, 0.2) is 5.58 Å². The first-order valence-corrected chi connectivity index (χ1v) is 5.43. The number of hydrogen-bond acceptors (Lipinski definition) is 4. The van der Waals surface area contributed by atoms with E-state index in [4.69, 9.17) is 9.52 Å². The second-order valence-corrected chi connectivity index (χ2v) is 3.78. The first-order chi connectivity index (χ1) is 8.58. The van der Waals surface area contributed by atoms with Crippen LogP contribution in [0.4, 0.5) is 6.01 Å². The van der Waals surface area contributed by atoms with Crippen molar-refractivity contribution in [3.05, 3.63) is 24.3 Å². The van der Waals surface area contributed by atoms with Gasteiger partial charge in [0, 0.05) is 13.5 Å². The number of rotatable bonds is 4. The van der Waals surface area contributed by atoms with Crippen LogP contribution in [0.2, 0.25) is 0 Å². The van der Waals surface area contributed by atoms with Gasteiger partial charge in [-0.15, -0.1) is 0 Å². The van der Waals surface area contributed by atoms with Gasteiger partial charge >= 0.3 is 12.0 Å². The SMILES string of the molecule is CC(=O)N(CCC(=O)O)c1nc2ccccc2o1. The molecule has 0 spiro atoms. The molecule has 0 fully saturated rings. The molecule has 94 valence electrons. The number of nitrogens with zero attached hydrogens (tertiary/aromatic N) is 2. The van der Waals surface area contributed by atoms with Crippen LogP contribution in [-0.2, 0) is 9.59 Å². The van der Waals surface area contributed by atoms with Crippen LogP contribution in [0.1, 0.15) is 13.3 Å². The molecule has 2 rings (SSSR count). The third-order valence-corrected chi connectivity index (χ3v) is 2.44. The third-order valence-electron chi connectivity index (χ3n) is 2.44. The Morgan fingerprint density at radius 1 is 1.39 bits per heavy atom. The maximum absolute atomic E-state index is 11.5. The lowest BCUT2D eigenvalue weighted by Crippen LogP contribution is -2.31. The van der Waals surface area contributed by atoms with Gasteiger partial charge in [-0.3, -0.25) is 14.5 Å². The second kappa shape index (κ2) is 4.87. The number of para-hydroxylation sites is 2. The van der Waals surface area contributed by atoms with E-state index in [-0.39, 0.29) is 24.9 Å². The lowest BCUT2D eigenvalue weighted by Gasteiger charge is -2.14. The fourth-order valence-corrected chi connectivity index (χ4v) is 1.57. The first-order valence-electron chi connectivity index (χ1n) is 5.43. The quantitative estimate of drug-likeness (QED) is 0.889. The van der Waals surface area contributed by atoms with Gasteiger partial charge in [0.1, 0.15) is 5.52 Å². The minimum absolute atomic E-state index is 0.0392. The minimum atomic E-state index is -0.975. The number of carbonyl (C=O) groups excluding carboxylic acids is 1. The summed E-state index contributed by atoms with van der Waals surface area (Å²) >= 11 is 0. The van der Waals surface area contributed by atoms with E-state index in [1.807, 2.05) is 6.07 Å². The number of oxazole rings is 1. The van der Waals surface area contributed by atoms with Crippen molar-refractivity contribution in [1.82, 2.24) is 4.98 Å². The van der Waals surface area contributed by atoms with Crippen molar-refractivity contribution in [1.29, 1.82) is 0 Å². The number of aliphatic carboxylic acids is 1. The number of fused-ring (bicyclic) bond motifs is 1. The van der Waals surface area contributed by atoms with Crippen LogP contribution < -0.4 is 4.90 Å². The Bertz CT molecular complexity index is 558. The van der Waals surface area contributed by atoms with Gasteiger partial charge in [0.05, 0.1) is 6.42 Å². The molecule has 1 aromatic carbocycles. The highest BCUT2D eigenvalue weighted by atomic mass is 16.4. The number of carbonyl (C=O) groups is 2. The Balaban J connectivity index is 2.29. The molecule has 0 atom stereocenters. The molecule has 0 aliphatic carbocycles. The molecule has 1 heterocycles. The third kappa shape index (κ3) is 2.48. The summed E-state index contributed by atoms with van der Waals surface area (Å²) in [5.41, 5.74) is 1.20. The lowest BCUT2D eigenvalue weighted by molar-refractivity contribution is -0.136. The maximum atomic E-state index is 11.5. The Labute approximate surface area is 103 Å². The van der Waals surface area contributed by atoms with E-state index in [9.17, 15) is 9.59 Å². The zero-order valence-electron chi connectivity index (χ0n) is 9.79. The van der Waals surface area contributed by atoms with Crippen LogP contribution in [0, 0.1) is 0 Å². The first kappa shape index (κ1) is 12.1. The van der Waals surface area contributed by atoms with E-state index in [2.05, 4.69) is 4.98 Å². The normalized spacial score (nSPS) is 10.5. The van der Waals surface area contributed by atoms with Gasteiger partial charge in [0.2, 0.25) is 5.91 Å². The summed E-state index contributed by atoms with van der Waals surface area (Å²) < 4.78 is 5.42. The predicted octanol–water partition coefficient (Wildman–Crippen LogP) is 1.66.